The highest BCUT2D eigenvalue weighted by molar-refractivity contribution is 5.84. The summed E-state index contributed by atoms with van der Waals surface area (Å²) in [6, 6.07) is 7.51. The average molecular weight is 356 g/mol. The maximum absolute atomic E-state index is 12.6. The third-order valence-corrected chi connectivity index (χ3v) is 4.95. The largest absolute Gasteiger partial charge is 0.467 e. The molecule has 2 aliphatic rings. The minimum Gasteiger partial charge on any atom is -0.467 e. The van der Waals surface area contributed by atoms with Crippen LogP contribution in [0.25, 0.3) is 10.9 Å². The molecule has 2 saturated heterocycles. The highest BCUT2D eigenvalue weighted by Gasteiger charge is 2.41. The van der Waals surface area contributed by atoms with E-state index in [9.17, 15) is 9.59 Å². The van der Waals surface area contributed by atoms with Gasteiger partial charge in [0.25, 0.3) is 5.91 Å². The smallest absolute Gasteiger partial charge is 0.407 e. The van der Waals surface area contributed by atoms with Crippen molar-refractivity contribution >= 4 is 22.9 Å². The van der Waals surface area contributed by atoms with Gasteiger partial charge in [-0.2, -0.15) is 0 Å². The van der Waals surface area contributed by atoms with Crippen molar-refractivity contribution in [1.82, 2.24) is 20.2 Å². The summed E-state index contributed by atoms with van der Waals surface area (Å²) in [5.41, 5.74) is 0.299. The number of fused-ring (bicyclic) bond motifs is 1. The van der Waals surface area contributed by atoms with Gasteiger partial charge in [0.05, 0.1) is 17.4 Å². The Balaban J connectivity index is 1.38. The Kier molecular flexibility index (Phi) is 4.32. The number of rotatable bonds is 3. The van der Waals surface area contributed by atoms with Crippen molar-refractivity contribution in [1.29, 1.82) is 0 Å². The number of carbonyl (C=O) groups excluding carboxylic acids is 2. The molecule has 2 aromatic rings. The highest BCUT2D eigenvalue weighted by Crippen LogP contribution is 2.29. The molecule has 1 spiro atoms. The Morgan fingerprint density at radius 2 is 2.15 bits per heavy atom. The molecule has 0 saturated carbocycles. The standard InChI is InChI=1S/C18H20N4O4/c23-15(10-25-16-13-4-1-2-5-14(13)20-12-21-16)22-8-3-6-18(7-9-22)11-19-17(24)26-18/h1-2,4-5,12H,3,6-11H2,(H,19,24). The van der Waals surface area contributed by atoms with Crippen molar-refractivity contribution in [3.8, 4) is 5.88 Å². The van der Waals surface area contributed by atoms with Gasteiger partial charge in [-0.15, -0.1) is 0 Å². The fourth-order valence-corrected chi connectivity index (χ4v) is 3.51. The molecule has 1 atom stereocenters. The molecule has 1 N–H and O–H groups in total. The van der Waals surface area contributed by atoms with Crippen molar-refractivity contribution in [2.45, 2.75) is 24.9 Å². The molecule has 0 radical (unpaired) electrons. The molecule has 1 aromatic heterocycles. The molecule has 136 valence electrons. The number of likely N-dealkylation sites (tertiary alicyclic amines) is 1. The minimum absolute atomic E-state index is 0.0773. The molecule has 4 rings (SSSR count). The van der Waals surface area contributed by atoms with Crippen LogP contribution in [0.2, 0.25) is 0 Å². The summed E-state index contributed by atoms with van der Waals surface area (Å²) >= 11 is 0. The molecule has 3 heterocycles. The van der Waals surface area contributed by atoms with E-state index in [1.807, 2.05) is 24.3 Å². The second-order valence-corrected chi connectivity index (χ2v) is 6.65. The summed E-state index contributed by atoms with van der Waals surface area (Å²) < 4.78 is 11.1. The van der Waals surface area contributed by atoms with Crippen molar-refractivity contribution in [2.75, 3.05) is 26.2 Å². The predicted molar refractivity (Wildman–Crippen MR) is 92.7 cm³/mol. The zero-order valence-corrected chi connectivity index (χ0v) is 14.3. The number of nitrogens with zero attached hydrogens (tertiary/aromatic N) is 3. The van der Waals surface area contributed by atoms with E-state index in [1.54, 1.807) is 4.90 Å². The molecule has 1 unspecified atom stereocenters. The Morgan fingerprint density at radius 3 is 3.00 bits per heavy atom. The first kappa shape index (κ1) is 16.6. The fourth-order valence-electron chi connectivity index (χ4n) is 3.51. The summed E-state index contributed by atoms with van der Waals surface area (Å²) in [7, 11) is 0. The molecule has 2 aliphatic heterocycles. The molecule has 26 heavy (non-hydrogen) atoms. The van der Waals surface area contributed by atoms with E-state index in [-0.39, 0.29) is 18.6 Å². The van der Waals surface area contributed by atoms with Crippen molar-refractivity contribution in [3.05, 3.63) is 30.6 Å². The molecule has 1 aromatic carbocycles. The first-order valence-electron chi connectivity index (χ1n) is 8.72. The van der Waals surface area contributed by atoms with Crippen LogP contribution in [-0.2, 0) is 9.53 Å². The van der Waals surface area contributed by atoms with Gasteiger partial charge in [-0.25, -0.2) is 14.8 Å². The second kappa shape index (κ2) is 6.78. The number of aromatic nitrogens is 2. The van der Waals surface area contributed by atoms with E-state index in [0.717, 1.165) is 23.7 Å². The van der Waals surface area contributed by atoms with Crippen LogP contribution in [-0.4, -0.2) is 58.7 Å². The van der Waals surface area contributed by atoms with E-state index < -0.39 is 5.60 Å². The lowest BCUT2D eigenvalue weighted by Gasteiger charge is -2.25. The second-order valence-electron chi connectivity index (χ2n) is 6.65. The Hall–Kier alpha value is -2.90. The van der Waals surface area contributed by atoms with Gasteiger partial charge in [0.15, 0.2) is 6.61 Å². The number of para-hydroxylation sites is 1. The molecule has 2 fully saturated rings. The third-order valence-electron chi connectivity index (χ3n) is 4.95. The van der Waals surface area contributed by atoms with Crippen LogP contribution in [0.5, 0.6) is 5.88 Å². The lowest BCUT2D eigenvalue weighted by atomic mass is 9.95. The van der Waals surface area contributed by atoms with E-state index in [4.69, 9.17) is 9.47 Å². The van der Waals surface area contributed by atoms with E-state index in [1.165, 1.54) is 6.33 Å². The summed E-state index contributed by atoms with van der Waals surface area (Å²) in [6.07, 6.45) is 3.24. The molecule has 2 amide bonds. The molecule has 0 bridgehead atoms. The van der Waals surface area contributed by atoms with Crippen LogP contribution in [0.4, 0.5) is 4.79 Å². The normalized spacial score (nSPS) is 22.8. The molecule has 8 nitrogen and oxygen atoms in total. The van der Waals surface area contributed by atoms with E-state index in [0.29, 0.717) is 31.9 Å². The zero-order valence-electron chi connectivity index (χ0n) is 14.3. The van der Waals surface area contributed by atoms with Gasteiger partial charge >= 0.3 is 6.09 Å². The van der Waals surface area contributed by atoms with Crippen molar-refractivity contribution in [2.24, 2.45) is 0 Å². The van der Waals surface area contributed by atoms with Gasteiger partial charge in [0.1, 0.15) is 11.9 Å². The van der Waals surface area contributed by atoms with Gasteiger partial charge in [-0.1, -0.05) is 12.1 Å². The summed E-state index contributed by atoms with van der Waals surface area (Å²) in [4.78, 5) is 34.0. The Bertz CT molecular complexity index is 838. The minimum atomic E-state index is -0.476. The molecule has 0 aliphatic carbocycles. The lowest BCUT2D eigenvalue weighted by molar-refractivity contribution is -0.133. The number of hydrogen-bond acceptors (Lipinski definition) is 6. The number of amides is 2. The highest BCUT2D eigenvalue weighted by atomic mass is 16.6. The summed E-state index contributed by atoms with van der Waals surface area (Å²) in [6.45, 7) is 1.61. The number of carbonyl (C=O) groups is 2. The quantitative estimate of drug-likeness (QED) is 0.896. The Morgan fingerprint density at radius 1 is 1.27 bits per heavy atom. The van der Waals surface area contributed by atoms with Gasteiger partial charge in [0.2, 0.25) is 5.88 Å². The number of alkyl carbamates (subject to hydrolysis) is 1. The summed E-state index contributed by atoms with van der Waals surface area (Å²) in [5, 5.41) is 3.49. The third kappa shape index (κ3) is 3.26. The van der Waals surface area contributed by atoms with Crippen LogP contribution >= 0.6 is 0 Å². The topological polar surface area (TPSA) is 93.7 Å². The van der Waals surface area contributed by atoms with E-state index in [2.05, 4.69) is 15.3 Å². The van der Waals surface area contributed by atoms with E-state index >= 15 is 0 Å². The van der Waals surface area contributed by atoms with Crippen molar-refractivity contribution in [3.63, 3.8) is 0 Å². The van der Waals surface area contributed by atoms with Crippen molar-refractivity contribution < 1.29 is 19.1 Å². The van der Waals surface area contributed by atoms with Crippen LogP contribution in [0.15, 0.2) is 30.6 Å². The van der Waals surface area contributed by atoms with Gasteiger partial charge in [-0.05, 0) is 25.0 Å². The van der Waals surface area contributed by atoms with Crippen LogP contribution in [0.3, 0.4) is 0 Å². The Labute approximate surface area is 150 Å². The maximum Gasteiger partial charge on any atom is 0.407 e. The first-order chi connectivity index (χ1) is 12.7. The predicted octanol–water partition coefficient (Wildman–Crippen LogP) is 1.50. The number of hydrogen-bond donors (Lipinski definition) is 1. The molecular formula is C18H20N4O4. The number of benzene rings is 1. The SMILES string of the molecule is O=C1NCC2(CCCN(C(=O)COc3ncnc4ccccc34)CC2)O1. The molecular weight excluding hydrogens is 336 g/mol. The van der Waals surface area contributed by atoms with Crippen LogP contribution < -0.4 is 10.1 Å². The fraction of sp³-hybridized carbons (Fsp3) is 0.444. The van der Waals surface area contributed by atoms with Gasteiger partial charge < -0.3 is 19.7 Å². The van der Waals surface area contributed by atoms with Crippen LogP contribution in [0, 0.1) is 0 Å². The lowest BCUT2D eigenvalue weighted by Crippen LogP contribution is -2.38. The average Bonchev–Trinajstić information content (AvgIpc) is 2.90. The number of ether oxygens (including phenoxy) is 2. The van der Waals surface area contributed by atoms with Crippen LogP contribution in [0.1, 0.15) is 19.3 Å². The monoisotopic (exact) mass is 356 g/mol. The maximum atomic E-state index is 12.6. The first-order valence-corrected chi connectivity index (χ1v) is 8.72. The van der Waals surface area contributed by atoms with Gasteiger partial charge in [-0.3, -0.25) is 4.79 Å². The van der Waals surface area contributed by atoms with Gasteiger partial charge in [0, 0.05) is 19.5 Å². The summed E-state index contributed by atoms with van der Waals surface area (Å²) in [5.74, 6) is 0.311. The zero-order chi connectivity index (χ0) is 18.0. The number of nitrogens with one attached hydrogen (secondary N) is 1. The molecule has 8 heteroatoms.